The standard InChI is InChI=1S/C60H41N3/c1-60(2)55-25-13-12-24-50(55)54-34-52-51-33-41(58-36-57(39-15-4-3-5-16-39)62-59(63-58)40-28-26-38(27-29-40)42-17-14-32-61-37-42)30-31-49(51)47-22-9-8-20-45(47)43-18-6-7-19-44(43)46-21-10-11-23-48(46)53(52)35-56(54)60/h3-37H,1-2H3. The molecule has 11 aromatic rings. The van der Waals surface area contributed by atoms with Crippen LogP contribution in [0.1, 0.15) is 25.0 Å². The summed E-state index contributed by atoms with van der Waals surface area (Å²) < 4.78 is 0. The Bertz CT molecular complexity index is 3690. The fourth-order valence-electron chi connectivity index (χ4n) is 10.0. The molecule has 0 saturated heterocycles. The van der Waals surface area contributed by atoms with Crippen LogP contribution < -0.4 is 0 Å². The van der Waals surface area contributed by atoms with Gasteiger partial charge in [0.1, 0.15) is 0 Å². The molecule has 1 aliphatic rings. The van der Waals surface area contributed by atoms with Gasteiger partial charge in [0.05, 0.1) is 11.4 Å². The summed E-state index contributed by atoms with van der Waals surface area (Å²) in [7, 11) is 0. The van der Waals surface area contributed by atoms with Crippen LogP contribution in [0.2, 0.25) is 0 Å². The number of pyridine rings is 1. The lowest BCUT2D eigenvalue weighted by Gasteiger charge is -2.22. The van der Waals surface area contributed by atoms with Gasteiger partial charge in [0.2, 0.25) is 0 Å². The van der Waals surface area contributed by atoms with Crippen LogP contribution in [0, 0.1) is 0 Å². The van der Waals surface area contributed by atoms with Crippen molar-refractivity contribution in [3.05, 3.63) is 224 Å². The molecule has 0 fully saturated rings. The molecule has 3 heteroatoms. The molecule has 3 nitrogen and oxygen atoms in total. The Morgan fingerprint density at radius 1 is 0.317 bits per heavy atom. The average Bonchev–Trinajstić information content (AvgIpc) is 3.58. The maximum atomic E-state index is 5.38. The van der Waals surface area contributed by atoms with Crippen molar-refractivity contribution in [2.45, 2.75) is 19.3 Å². The van der Waals surface area contributed by atoms with E-state index in [1.165, 1.54) is 70.7 Å². The predicted molar refractivity (Wildman–Crippen MR) is 264 cm³/mol. The van der Waals surface area contributed by atoms with E-state index in [2.05, 4.69) is 207 Å². The van der Waals surface area contributed by atoms with Crippen LogP contribution in [0.3, 0.4) is 0 Å². The molecule has 0 unspecified atom stereocenters. The number of rotatable bonds is 4. The normalized spacial score (nSPS) is 12.7. The minimum absolute atomic E-state index is 0.165. The van der Waals surface area contributed by atoms with E-state index in [4.69, 9.17) is 9.97 Å². The second-order valence-electron chi connectivity index (χ2n) is 17.2. The second kappa shape index (κ2) is 14.6. The van der Waals surface area contributed by atoms with Crippen molar-refractivity contribution in [1.82, 2.24) is 15.0 Å². The van der Waals surface area contributed by atoms with Gasteiger partial charge in [0, 0.05) is 34.5 Å². The molecular weight excluding hydrogens is 763 g/mol. The van der Waals surface area contributed by atoms with E-state index in [-0.39, 0.29) is 5.41 Å². The summed E-state index contributed by atoms with van der Waals surface area (Å²) in [4.78, 5) is 14.9. The Kier molecular flexibility index (Phi) is 8.52. The zero-order chi connectivity index (χ0) is 42.1. The monoisotopic (exact) mass is 803 g/mol. The maximum Gasteiger partial charge on any atom is 0.160 e. The molecule has 0 bridgehead atoms. The van der Waals surface area contributed by atoms with Gasteiger partial charge in [-0.3, -0.25) is 4.98 Å². The van der Waals surface area contributed by atoms with Gasteiger partial charge < -0.3 is 0 Å². The summed E-state index contributed by atoms with van der Waals surface area (Å²) in [5.74, 6) is 0.678. The Morgan fingerprint density at radius 2 is 0.810 bits per heavy atom. The highest BCUT2D eigenvalue weighted by molar-refractivity contribution is 6.27. The minimum Gasteiger partial charge on any atom is -0.264 e. The highest BCUT2D eigenvalue weighted by Gasteiger charge is 2.35. The molecule has 0 spiro atoms. The van der Waals surface area contributed by atoms with Gasteiger partial charge in [-0.25, -0.2) is 9.97 Å². The van der Waals surface area contributed by atoms with Crippen LogP contribution in [0.15, 0.2) is 213 Å². The van der Waals surface area contributed by atoms with E-state index in [0.717, 1.165) is 44.6 Å². The molecule has 2 aromatic heterocycles. The number of aromatic nitrogens is 3. The number of hydrogen-bond acceptors (Lipinski definition) is 3. The van der Waals surface area contributed by atoms with Gasteiger partial charge in [-0.2, -0.15) is 0 Å². The lowest BCUT2D eigenvalue weighted by atomic mass is 9.81. The first-order valence-electron chi connectivity index (χ1n) is 21.7. The second-order valence-corrected chi connectivity index (χ2v) is 17.2. The highest BCUT2D eigenvalue weighted by Crippen LogP contribution is 2.51. The van der Waals surface area contributed by atoms with Crippen LogP contribution in [0.4, 0.5) is 0 Å². The summed E-state index contributed by atoms with van der Waals surface area (Å²) >= 11 is 0. The van der Waals surface area contributed by atoms with E-state index in [1.807, 2.05) is 18.3 Å². The summed E-state index contributed by atoms with van der Waals surface area (Å²) in [6.45, 7) is 4.74. The molecule has 9 aromatic carbocycles. The van der Waals surface area contributed by atoms with Crippen LogP contribution in [0.5, 0.6) is 0 Å². The van der Waals surface area contributed by atoms with Crippen LogP contribution in [0.25, 0.3) is 110 Å². The minimum atomic E-state index is -0.165. The SMILES string of the molecule is CC1(C)c2ccccc2-c2cc3c4cc(-c5cc(-c6ccccc6)nc(-c6ccc(-c7cccnc7)cc6)n5)ccc4c4ccccc4c4ccccc4c4ccccc4c3cc21. The van der Waals surface area contributed by atoms with Gasteiger partial charge in [-0.15, -0.1) is 0 Å². The van der Waals surface area contributed by atoms with Gasteiger partial charge in [0.25, 0.3) is 0 Å². The predicted octanol–water partition coefficient (Wildman–Crippen LogP) is 15.7. The van der Waals surface area contributed by atoms with Crippen molar-refractivity contribution in [2.75, 3.05) is 0 Å². The highest BCUT2D eigenvalue weighted by atomic mass is 14.9. The first-order chi connectivity index (χ1) is 31.0. The van der Waals surface area contributed by atoms with Crippen molar-refractivity contribution in [3.63, 3.8) is 0 Å². The Balaban J connectivity index is 1.21. The molecule has 2 heterocycles. The molecule has 0 amide bonds. The molecule has 12 rings (SSSR count). The summed E-state index contributed by atoms with van der Waals surface area (Å²) in [5, 5.41) is 12.0. The zero-order valence-electron chi connectivity index (χ0n) is 35.0. The van der Waals surface area contributed by atoms with E-state index >= 15 is 0 Å². The number of hydrogen-bond donors (Lipinski definition) is 0. The van der Waals surface area contributed by atoms with Gasteiger partial charge in [-0.05, 0) is 118 Å². The largest absolute Gasteiger partial charge is 0.264 e. The van der Waals surface area contributed by atoms with Crippen LogP contribution in [-0.4, -0.2) is 15.0 Å². The molecule has 0 aliphatic heterocycles. The summed E-state index contributed by atoms with van der Waals surface area (Å²) in [5.41, 5.74) is 12.1. The zero-order valence-corrected chi connectivity index (χ0v) is 35.0. The molecule has 0 N–H and O–H groups in total. The van der Waals surface area contributed by atoms with Crippen molar-refractivity contribution in [2.24, 2.45) is 0 Å². The van der Waals surface area contributed by atoms with E-state index in [9.17, 15) is 0 Å². The van der Waals surface area contributed by atoms with Crippen molar-refractivity contribution in [3.8, 4) is 56.2 Å². The molecule has 0 atom stereocenters. The summed E-state index contributed by atoms with van der Waals surface area (Å²) in [6.07, 6.45) is 3.70. The smallest absolute Gasteiger partial charge is 0.160 e. The van der Waals surface area contributed by atoms with E-state index in [0.29, 0.717) is 5.82 Å². The first kappa shape index (κ1) is 36.8. The molecule has 0 saturated carbocycles. The van der Waals surface area contributed by atoms with Crippen molar-refractivity contribution >= 4 is 53.9 Å². The molecular formula is C60H41N3. The van der Waals surface area contributed by atoms with Crippen LogP contribution in [-0.2, 0) is 5.41 Å². The fraction of sp³-hybridized carbons (Fsp3) is 0.0500. The fourth-order valence-corrected chi connectivity index (χ4v) is 10.0. The molecule has 296 valence electrons. The van der Waals surface area contributed by atoms with Crippen LogP contribution >= 0.6 is 0 Å². The van der Waals surface area contributed by atoms with Gasteiger partial charge in [0.15, 0.2) is 5.82 Å². The van der Waals surface area contributed by atoms with Crippen molar-refractivity contribution < 1.29 is 0 Å². The summed E-state index contributed by atoms with van der Waals surface area (Å²) in [6, 6.07) is 72.8. The van der Waals surface area contributed by atoms with E-state index in [1.54, 1.807) is 6.20 Å². The Labute approximate surface area is 366 Å². The Morgan fingerprint density at radius 3 is 1.44 bits per heavy atom. The lowest BCUT2D eigenvalue weighted by Crippen LogP contribution is -2.14. The topological polar surface area (TPSA) is 38.7 Å². The molecule has 63 heavy (non-hydrogen) atoms. The van der Waals surface area contributed by atoms with Crippen molar-refractivity contribution in [1.29, 1.82) is 0 Å². The molecule has 1 aliphatic carbocycles. The number of nitrogens with zero attached hydrogens (tertiary/aromatic N) is 3. The quantitative estimate of drug-likeness (QED) is 0.178. The third kappa shape index (κ3) is 6.07. The number of fused-ring (bicyclic) bond motifs is 13. The average molecular weight is 804 g/mol. The van der Waals surface area contributed by atoms with E-state index < -0.39 is 0 Å². The lowest BCUT2D eigenvalue weighted by molar-refractivity contribution is 0.661. The molecule has 0 radical (unpaired) electrons. The van der Waals surface area contributed by atoms with Gasteiger partial charge in [-0.1, -0.05) is 184 Å². The Hall–Kier alpha value is -8.01. The third-order valence-electron chi connectivity index (χ3n) is 13.2. The number of benzene rings is 8. The maximum absolute atomic E-state index is 5.38. The third-order valence-corrected chi connectivity index (χ3v) is 13.2. The first-order valence-corrected chi connectivity index (χ1v) is 21.7. The van der Waals surface area contributed by atoms with Gasteiger partial charge >= 0.3 is 0 Å².